The fourth-order valence-electron chi connectivity index (χ4n) is 1.82. The molecule has 1 heterocycles. The lowest BCUT2D eigenvalue weighted by molar-refractivity contribution is 0.277. The lowest BCUT2D eigenvalue weighted by Crippen LogP contribution is -2.37. The highest BCUT2D eigenvalue weighted by Crippen LogP contribution is 2.14. The highest BCUT2D eigenvalue weighted by Gasteiger charge is 2.10. The number of nitrogens with one attached hydrogen (secondary N) is 1. The van der Waals surface area contributed by atoms with Gasteiger partial charge in [-0.15, -0.1) is 12.3 Å². The van der Waals surface area contributed by atoms with Gasteiger partial charge in [0.2, 0.25) is 0 Å². The van der Waals surface area contributed by atoms with Crippen molar-refractivity contribution >= 4 is 0 Å². The monoisotopic (exact) mass is 306 g/mol. The van der Waals surface area contributed by atoms with E-state index in [1.165, 1.54) is 7.11 Å². The standard InChI is InChI=1S/C15H23FN2O.C3H4/c1-4-14(19-3)13(16)9-10-15-17-11-7-5-6-8-12-18(15)2;1-3-2/h4,7-9,11-12,15,17H,5-6,10H2,1-3H3;1H,2H3/b11-7+,12-8+,13-9+,14-4+;. The molecule has 0 bridgehead atoms. The zero-order chi connectivity index (χ0) is 16.8. The van der Waals surface area contributed by atoms with Crippen molar-refractivity contribution in [3.63, 3.8) is 0 Å². The summed E-state index contributed by atoms with van der Waals surface area (Å²) >= 11 is 0. The lowest BCUT2D eigenvalue weighted by Gasteiger charge is -2.26. The van der Waals surface area contributed by atoms with Crippen LogP contribution in [0.2, 0.25) is 0 Å². The second-order valence-corrected chi connectivity index (χ2v) is 4.65. The maximum atomic E-state index is 13.8. The van der Waals surface area contributed by atoms with Gasteiger partial charge in [0.15, 0.2) is 5.83 Å². The van der Waals surface area contributed by atoms with Crippen LogP contribution in [0.15, 0.2) is 48.3 Å². The van der Waals surface area contributed by atoms with Crippen molar-refractivity contribution in [2.75, 3.05) is 14.2 Å². The third-order valence-corrected chi connectivity index (χ3v) is 2.98. The molecule has 3 nitrogen and oxygen atoms in total. The Labute approximate surface area is 134 Å². The van der Waals surface area contributed by atoms with Crippen molar-refractivity contribution < 1.29 is 9.13 Å². The Morgan fingerprint density at radius 1 is 1.50 bits per heavy atom. The second kappa shape index (κ2) is 12.6. The summed E-state index contributed by atoms with van der Waals surface area (Å²) < 4.78 is 18.7. The molecule has 0 aromatic rings. The van der Waals surface area contributed by atoms with Gasteiger partial charge in [-0.05, 0) is 51.2 Å². The number of allylic oxidation sites excluding steroid dienone is 4. The summed E-state index contributed by atoms with van der Waals surface area (Å²) in [6.45, 7) is 3.40. The summed E-state index contributed by atoms with van der Waals surface area (Å²) in [5.41, 5.74) is 0. The maximum Gasteiger partial charge on any atom is 0.160 e. The van der Waals surface area contributed by atoms with Gasteiger partial charge >= 0.3 is 0 Å². The predicted octanol–water partition coefficient (Wildman–Crippen LogP) is 4.09. The Hall–Kier alpha value is -2.15. The van der Waals surface area contributed by atoms with E-state index in [1.54, 1.807) is 26.0 Å². The van der Waals surface area contributed by atoms with E-state index in [9.17, 15) is 4.39 Å². The Morgan fingerprint density at radius 2 is 2.14 bits per heavy atom. The maximum absolute atomic E-state index is 13.8. The molecule has 0 spiro atoms. The van der Waals surface area contributed by atoms with Gasteiger partial charge in [-0.2, -0.15) is 0 Å². The van der Waals surface area contributed by atoms with Gasteiger partial charge in [0.1, 0.15) is 11.9 Å². The van der Waals surface area contributed by atoms with Crippen LogP contribution in [0, 0.1) is 12.3 Å². The third kappa shape index (κ3) is 8.21. The van der Waals surface area contributed by atoms with E-state index in [1.807, 2.05) is 24.3 Å². The van der Waals surface area contributed by atoms with E-state index in [2.05, 4.69) is 29.8 Å². The van der Waals surface area contributed by atoms with Crippen molar-refractivity contribution in [1.82, 2.24) is 10.2 Å². The molecule has 122 valence electrons. The van der Waals surface area contributed by atoms with Crippen molar-refractivity contribution in [3.8, 4) is 12.3 Å². The van der Waals surface area contributed by atoms with Crippen LogP contribution < -0.4 is 5.32 Å². The summed E-state index contributed by atoms with van der Waals surface area (Å²) in [4.78, 5) is 2.04. The predicted molar refractivity (Wildman–Crippen MR) is 91.3 cm³/mol. The fourth-order valence-corrected chi connectivity index (χ4v) is 1.82. The molecule has 1 aliphatic rings. The van der Waals surface area contributed by atoms with Gasteiger partial charge < -0.3 is 15.0 Å². The van der Waals surface area contributed by atoms with Crippen LogP contribution in [0.3, 0.4) is 0 Å². The van der Waals surface area contributed by atoms with Crippen LogP contribution in [-0.2, 0) is 4.74 Å². The second-order valence-electron chi connectivity index (χ2n) is 4.65. The van der Waals surface area contributed by atoms with Crippen LogP contribution in [0.5, 0.6) is 0 Å². The molecule has 1 unspecified atom stereocenters. The largest absolute Gasteiger partial charge is 0.494 e. The molecule has 1 N–H and O–H groups in total. The molecule has 1 atom stereocenters. The Kier molecular flexibility index (Phi) is 11.4. The third-order valence-electron chi connectivity index (χ3n) is 2.98. The number of hydrogen-bond acceptors (Lipinski definition) is 3. The van der Waals surface area contributed by atoms with E-state index in [0.29, 0.717) is 6.42 Å². The molecule has 22 heavy (non-hydrogen) atoms. The van der Waals surface area contributed by atoms with E-state index in [4.69, 9.17) is 4.74 Å². The van der Waals surface area contributed by atoms with Gasteiger partial charge in [-0.3, -0.25) is 0 Å². The van der Waals surface area contributed by atoms with Gasteiger partial charge in [0.05, 0.1) is 7.11 Å². The van der Waals surface area contributed by atoms with E-state index in [0.717, 1.165) is 12.8 Å². The van der Waals surface area contributed by atoms with Crippen molar-refractivity contribution in [1.29, 1.82) is 0 Å². The van der Waals surface area contributed by atoms with Crippen LogP contribution in [-0.4, -0.2) is 25.2 Å². The Balaban J connectivity index is 0.00000135. The summed E-state index contributed by atoms with van der Waals surface area (Å²) in [6, 6.07) is 0. The number of ether oxygens (including phenoxy) is 1. The first-order valence-electron chi connectivity index (χ1n) is 7.34. The SMILES string of the molecule is C#CC.C/C=C(OC)\C(F)=C/CC1N/C=C/CC/C=C/N1C. The molecule has 0 saturated heterocycles. The first kappa shape index (κ1) is 19.9. The molecule has 1 aliphatic heterocycles. The molecule has 0 amide bonds. The number of terminal acetylenes is 1. The minimum Gasteiger partial charge on any atom is -0.494 e. The summed E-state index contributed by atoms with van der Waals surface area (Å²) in [5, 5.41) is 3.26. The van der Waals surface area contributed by atoms with Crippen LogP contribution in [0.4, 0.5) is 4.39 Å². The van der Waals surface area contributed by atoms with E-state index >= 15 is 0 Å². The number of methoxy groups -OCH3 is 1. The van der Waals surface area contributed by atoms with Gasteiger partial charge in [0.25, 0.3) is 0 Å². The normalized spacial score (nSPS) is 21.8. The zero-order valence-corrected chi connectivity index (χ0v) is 14.0. The number of rotatable bonds is 4. The summed E-state index contributed by atoms with van der Waals surface area (Å²) in [7, 11) is 3.45. The van der Waals surface area contributed by atoms with Crippen LogP contribution in [0.1, 0.15) is 33.1 Å². The number of halogens is 1. The smallest absolute Gasteiger partial charge is 0.160 e. The molecule has 0 aliphatic carbocycles. The lowest BCUT2D eigenvalue weighted by atomic mass is 10.2. The molecule has 4 heteroatoms. The fraction of sp³-hybridized carbons (Fsp3) is 0.444. The molecular formula is C18H27FN2O. The number of nitrogens with zero attached hydrogens (tertiary/aromatic N) is 1. The minimum absolute atomic E-state index is 0.0336. The Bertz CT molecular complexity index is 458. The van der Waals surface area contributed by atoms with Crippen molar-refractivity contribution in [2.24, 2.45) is 0 Å². The Morgan fingerprint density at radius 3 is 2.73 bits per heavy atom. The average Bonchev–Trinajstić information content (AvgIpc) is 2.60. The van der Waals surface area contributed by atoms with E-state index in [-0.39, 0.29) is 17.8 Å². The van der Waals surface area contributed by atoms with Crippen molar-refractivity contribution in [3.05, 3.63) is 48.3 Å². The topological polar surface area (TPSA) is 24.5 Å². The molecule has 1 rings (SSSR count). The van der Waals surface area contributed by atoms with Gasteiger partial charge in [-0.25, -0.2) is 4.39 Å². The van der Waals surface area contributed by atoms with Crippen LogP contribution >= 0.6 is 0 Å². The molecular weight excluding hydrogens is 279 g/mol. The molecule has 0 aromatic heterocycles. The summed E-state index contributed by atoms with van der Waals surface area (Å²) in [6.07, 6.45) is 18.6. The molecule has 0 aromatic carbocycles. The van der Waals surface area contributed by atoms with Gasteiger partial charge in [0, 0.05) is 13.5 Å². The number of hydrogen-bond donors (Lipinski definition) is 1. The molecule has 0 fully saturated rings. The highest BCUT2D eigenvalue weighted by atomic mass is 19.1. The first-order chi connectivity index (χ1) is 10.6. The van der Waals surface area contributed by atoms with E-state index < -0.39 is 0 Å². The van der Waals surface area contributed by atoms with Crippen molar-refractivity contribution in [2.45, 2.75) is 39.3 Å². The van der Waals surface area contributed by atoms with Crippen LogP contribution in [0.25, 0.3) is 0 Å². The molecule has 0 radical (unpaired) electrons. The zero-order valence-electron chi connectivity index (χ0n) is 14.0. The quantitative estimate of drug-likeness (QED) is 0.481. The summed E-state index contributed by atoms with van der Waals surface area (Å²) in [5.74, 6) is 2.20. The first-order valence-corrected chi connectivity index (χ1v) is 7.34. The highest BCUT2D eigenvalue weighted by molar-refractivity contribution is 5.18. The average molecular weight is 306 g/mol. The molecule has 0 saturated carbocycles. The van der Waals surface area contributed by atoms with Gasteiger partial charge in [-0.1, -0.05) is 12.2 Å². The minimum atomic E-state index is -0.326.